The minimum absolute atomic E-state index is 0.0211. The molecular weight excluding hydrogens is 360 g/mol. The molecule has 1 amide bonds. The number of aromatic nitrogens is 1. The van der Waals surface area contributed by atoms with Crippen molar-refractivity contribution in [3.05, 3.63) is 28.5 Å². The van der Waals surface area contributed by atoms with Gasteiger partial charge in [0.15, 0.2) is 5.78 Å². The van der Waals surface area contributed by atoms with Crippen LogP contribution in [0.15, 0.2) is 22.8 Å². The van der Waals surface area contributed by atoms with Crippen molar-refractivity contribution in [1.29, 1.82) is 0 Å². The van der Waals surface area contributed by atoms with Gasteiger partial charge in [-0.05, 0) is 54.8 Å². The summed E-state index contributed by atoms with van der Waals surface area (Å²) in [4.78, 5) is 30.6. The summed E-state index contributed by atoms with van der Waals surface area (Å²) in [6.07, 6.45) is -0.318. The molecule has 0 aromatic carbocycles. The largest absolute Gasteiger partial charge is 0.444 e. The van der Waals surface area contributed by atoms with Gasteiger partial charge in [-0.1, -0.05) is 19.9 Å². The molecule has 0 aliphatic heterocycles. The van der Waals surface area contributed by atoms with Gasteiger partial charge in [-0.25, -0.2) is 9.78 Å². The minimum atomic E-state index is -0.595. The van der Waals surface area contributed by atoms with E-state index in [0.29, 0.717) is 10.3 Å². The molecule has 1 heterocycles. The number of ketones is 1. The molecule has 1 atom stereocenters. The Hall–Kier alpha value is -1.43. The van der Waals surface area contributed by atoms with Crippen molar-refractivity contribution in [2.75, 3.05) is 7.05 Å². The first-order valence-electron chi connectivity index (χ1n) is 7.61. The molecule has 6 heteroatoms. The van der Waals surface area contributed by atoms with E-state index in [2.05, 4.69) is 20.9 Å². The number of ether oxygens (including phenoxy) is 1. The Morgan fingerprint density at radius 2 is 1.91 bits per heavy atom. The molecule has 0 saturated carbocycles. The number of halogens is 1. The van der Waals surface area contributed by atoms with Crippen LogP contribution in [0, 0.1) is 5.92 Å². The number of hydrogen-bond donors (Lipinski definition) is 0. The van der Waals surface area contributed by atoms with E-state index in [1.165, 1.54) is 4.90 Å². The smallest absolute Gasteiger partial charge is 0.410 e. The summed E-state index contributed by atoms with van der Waals surface area (Å²) in [6, 6.07) is 4.89. The highest BCUT2D eigenvalue weighted by atomic mass is 79.9. The number of hydrogen-bond acceptors (Lipinski definition) is 4. The Bertz CT molecular complexity index is 567. The molecule has 0 saturated heterocycles. The molecule has 0 N–H and O–H groups in total. The van der Waals surface area contributed by atoms with Gasteiger partial charge >= 0.3 is 6.09 Å². The minimum Gasteiger partial charge on any atom is -0.444 e. The zero-order valence-electron chi connectivity index (χ0n) is 14.6. The van der Waals surface area contributed by atoms with Crippen LogP contribution in [-0.2, 0) is 16.0 Å². The highest BCUT2D eigenvalue weighted by Gasteiger charge is 2.32. The molecule has 0 aliphatic carbocycles. The Labute approximate surface area is 146 Å². The second-order valence-electron chi connectivity index (χ2n) is 6.87. The molecule has 128 valence electrons. The van der Waals surface area contributed by atoms with Crippen LogP contribution >= 0.6 is 15.9 Å². The van der Waals surface area contributed by atoms with E-state index in [1.807, 2.05) is 19.9 Å². The lowest BCUT2D eigenvalue weighted by Gasteiger charge is -2.32. The van der Waals surface area contributed by atoms with Gasteiger partial charge in [0.05, 0.1) is 12.5 Å². The van der Waals surface area contributed by atoms with Crippen molar-refractivity contribution in [3.63, 3.8) is 0 Å². The molecule has 0 spiro atoms. The molecule has 5 nitrogen and oxygen atoms in total. The van der Waals surface area contributed by atoms with Crippen molar-refractivity contribution in [2.24, 2.45) is 5.92 Å². The van der Waals surface area contributed by atoms with Gasteiger partial charge in [0.25, 0.3) is 0 Å². The van der Waals surface area contributed by atoms with E-state index < -0.39 is 17.7 Å². The Kier molecular flexibility index (Phi) is 6.74. The maximum Gasteiger partial charge on any atom is 0.410 e. The van der Waals surface area contributed by atoms with Crippen LogP contribution in [0.2, 0.25) is 0 Å². The van der Waals surface area contributed by atoms with Crippen molar-refractivity contribution >= 4 is 27.8 Å². The summed E-state index contributed by atoms with van der Waals surface area (Å²) in [5.41, 5.74) is 0.0783. The molecule has 1 aromatic rings. The Morgan fingerprint density at radius 3 is 2.39 bits per heavy atom. The van der Waals surface area contributed by atoms with Crippen LogP contribution < -0.4 is 0 Å². The number of likely N-dealkylation sites (N-methyl/N-ethyl adjacent to an activating group) is 1. The summed E-state index contributed by atoms with van der Waals surface area (Å²) in [7, 11) is 1.60. The molecule has 0 unspecified atom stereocenters. The highest BCUT2D eigenvalue weighted by Crippen LogP contribution is 2.17. The summed E-state index contributed by atoms with van der Waals surface area (Å²) >= 11 is 3.30. The predicted octanol–water partition coefficient (Wildman–Crippen LogP) is 3.85. The van der Waals surface area contributed by atoms with Crippen LogP contribution in [-0.4, -0.2) is 40.5 Å². The van der Waals surface area contributed by atoms with E-state index in [1.54, 1.807) is 40.0 Å². The van der Waals surface area contributed by atoms with Gasteiger partial charge < -0.3 is 9.64 Å². The second kappa shape index (κ2) is 7.90. The van der Waals surface area contributed by atoms with Crippen LogP contribution in [0.3, 0.4) is 0 Å². The van der Waals surface area contributed by atoms with Crippen LogP contribution in [0.5, 0.6) is 0 Å². The first-order chi connectivity index (χ1) is 10.5. The lowest BCUT2D eigenvalue weighted by Crippen LogP contribution is -2.48. The summed E-state index contributed by atoms with van der Waals surface area (Å²) in [5.74, 6) is -0.0777. The van der Waals surface area contributed by atoms with E-state index in [4.69, 9.17) is 4.74 Å². The normalized spacial score (nSPS) is 12.9. The van der Waals surface area contributed by atoms with E-state index in [0.717, 1.165) is 0 Å². The molecule has 0 aliphatic rings. The molecule has 0 bridgehead atoms. The van der Waals surface area contributed by atoms with Gasteiger partial charge in [-0.15, -0.1) is 0 Å². The van der Waals surface area contributed by atoms with E-state index in [9.17, 15) is 9.59 Å². The number of carbonyl (C=O) groups is 2. The highest BCUT2D eigenvalue weighted by molar-refractivity contribution is 9.10. The number of pyridine rings is 1. The van der Waals surface area contributed by atoms with Crippen LogP contribution in [0.4, 0.5) is 4.79 Å². The molecule has 0 radical (unpaired) electrons. The second-order valence-corrected chi connectivity index (χ2v) is 7.69. The zero-order chi connectivity index (χ0) is 17.8. The predicted molar refractivity (Wildman–Crippen MR) is 93.3 cm³/mol. The van der Waals surface area contributed by atoms with Gasteiger partial charge in [0, 0.05) is 12.7 Å². The first kappa shape index (κ1) is 19.6. The molecule has 23 heavy (non-hydrogen) atoms. The van der Waals surface area contributed by atoms with Gasteiger partial charge in [0.2, 0.25) is 0 Å². The Balaban J connectivity index is 2.88. The number of Topliss-reactive ketones (excluding diaryl/α,β-unsaturated/α-hetero) is 1. The summed E-state index contributed by atoms with van der Waals surface area (Å²) < 4.78 is 6.05. The number of amides is 1. The lowest BCUT2D eigenvalue weighted by atomic mass is 9.95. The fourth-order valence-corrected chi connectivity index (χ4v) is 2.69. The van der Waals surface area contributed by atoms with E-state index >= 15 is 0 Å². The van der Waals surface area contributed by atoms with Crippen molar-refractivity contribution < 1.29 is 14.3 Å². The topological polar surface area (TPSA) is 59.5 Å². The molecular formula is C17H25BrN2O3. The molecule has 1 rings (SSSR count). The van der Waals surface area contributed by atoms with Gasteiger partial charge in [-0.3, -0.25) is 4.79 Å². The SMILES string of the molecule is CC(C)[C@@H](C(=O)Cc1cccc(Br)n1)N(C)C(=O)OC(C)(C)C. The quantitative estimate of drug-likeness (QED) is 0.723. The Morgan fingerprint density at radius 1 is 1.30 bits per heavy atom. The number of nitrogens with zero attached hydrogens (tertiary/aromatic N) is 2. The van der Waals surface area contributed by atoms with Crippen LogP contribution in [0.1, 0.15) is 40.3 Å². The lowest BCUT2D eigenvalue weighted by molar-refractivity contribution is -0.124. The molecule has 0 fully saturated rings. The fraction of sp³-hybridized carbons (Fsp3) is 0.588. The van der Waals surface area contributed by atoms with Gasteiger partial charge in [-0.2, -0.15) is 0 Å². The third-order valence-electron chi connectivity index (χ3n) is 3.19. The van der Waals surface area contributed by atoms with Gasteiger partial charge in [0.1, 0.15) is 10.2 Å². The zero-order valence-corrected chi connectivity index (χ0v) is 16.2. The standard InChI is InChI=1S/C17H25BrN2O3/c1-11(2)15(20(6)16(22)23-17(3,4)5)13(21)10-12-8-7-9-14(18)19-12/h7-9,11,15H,10H2,1-6H3/t15-/m0/s1. The molecule has 1 aromatic heterocycles. The number of rotatable bonds is 5. The third-order valence-corrected chi connectivity index (χ3v) is 3.63. The van der Waals surface area contributed by atoms with Crippen molar-refractivity contribution in [1.82, 2.24) is 9.88 Å². The maximum atomic E-state index is 12.7. The first-order valence-corrected chi connectivity index (χ1v) is 8.40. The van der Waals surface area contributed by atoms with E-state index in [-0.39, 0.29) is 18.1 Å². The maximum absolute atomic E-state index is 12.7. The summed E-state index contributed by atoms with van der Waals surface area (Å²) in [6.45, 7) is 9.23. The van der Waals surface area contributed by atoms with Crippen LogP contribution in [0.25, 0.3) is 0 Å². The monoisotopic (exact) mass is 384 g/mol. The number of carbonyl (C=O) groups excluding carboxylic acids is 2. The van der Waals surface area contributed by atoms with Crippen molar-refractivity contribution in [3.8, 4) is 0 Å². The average Bonchev–Trinajstić information content (AvgIpc) is 2.36. The average molecular weight is 385 g/mol. The fourth-order valence-electron chi connectivity index (χ4n) is 2.31. The van der Waals surface area contributed by atoms with Crippen molar-refractivity contribution in [2.45, 2.75) is 52.7 Å². The third kappa shape index (κ3) is 6.29. The summed E-state index contributed by atoms with van der Waals surface area (Å²) in [5, 5.41) is 0.